The summed E-state index contributed by atoms with van der Waals surface area (Å²) in [5.74, 6) is 0.827. The molecule has 0 bridgehead atoms. The van der Waals surface area contributed by atoms with Gasteiger partial charge >= 0.3 is 0 Å². The van der Waals surface area contributed by atoms with Crippen LogP contribution in [-0.2, 0) is 0 Å². The molecule has 0 radical (unpaired) electrons. The molecule has 88 valence electrons. The first-order chi connectivity index (χ1) is 7.49. The molecule has 0 spiro atoms. The predicted octanol–water partition coefficient (Wildman–Crippen LogP) is 2.16. The lowest BCUT2D eigenvalue weighted by Crippen LogP contribution is -2.29. The second-order valence-corrected chi connectivity index (χ2v) is 4.56. The molecule has 16 heavy (non-hydrogen) atoms. The molecule has 1 aromatic rings. The molecule has 0 atom stereocenters. The molecule has 3 heteroatoms. The normalized spacial score (nSPS) is 11.1. The topological polar surface area (TPSA) is 40.5 Å². The molecular formula is C13H19NO2. The van der Waals surface area contributed by atoms with E-state index < -0.39 is 0 Å². The Morgan fingerprint density at radius 2 is 1.88 bits per heavy atom. The van der Waals surface area contributed by atoms with Crippen molar-refractivity contribution >= 4 is 5.78 Å². The van der Waals surface area contributed by atoms with Crippen molar-refractivity contribution < 1.29 is 9.90 Å². The number of benzene rings is 1. The van der Waals surface area contributed by atoms with Crippen LogP contribution in [0.15, 0.2) is 24.3 Å². The van der Waals surface area contributed by atoms with Gasteiger partial charge in [-0.3, -0.25) is 9.69 Å². The summed E-state index contributed by atoms with van der Waals surface area (Å²) in [6, 6.07) is 6.38. The average Bonchev–Trinajstić information content (AvgIpc) is 2.16. The molecule has 3 nitrogen and oxygen atoms in total. The molecule has 0 fully saturated rings. The third-order valence-corrected chi connectivity index (χ3v) is 2.28. The van der Waals surface area contributed by atoms with Crippen molar-refractivity contribution in [3.8, 4) is 5.75 Å². The highest BCUT2D eigenvalue weighted by molar-refractivity contribution is 5.97. The van der Waals surface area contributed by atoms with E-state index in [4.69, 9.17) is 5.11 Å². The summed E-state index contributed by atoms with van der Waals surface area (Å²) >= 11 is 0. The van der Waals surface area contributed by atoms with Crippen LogP contribution in [0.2, 0.25) is 0 Å². The van der Waals surface area contributed by atoms with Crippen molar-refractivity contribution in [1.82, 2.24) is 4.90 Å². The monoisotopic (exact) mass is 221 g/mol. The first-order valence-electron chi connectivity index (χ1n) is 5.50. The molecule has 0 aliphatic carbocycles. The van der Waals surface area contributed by atoms with Crippen LogP contribution in [0.5, 0.6) is 5.75 Å². The number of hydrogen-bond donors (Lipinski definition) is 1. The fourth-order valence-corrected chi connectivity index (χ4v) is 1.67. The molecule has 1 aromatic carbocycles. The number of carbonyl (C=O) groups excluding carboxylic acids is 1. The van der Waals surface area contributed by atoms with E-state index in [1.807, 2.05) is 11.9 Å². The molecular weight excluding hydrogens is 202 g/mol. The van der Waals surface area contributed by atoms with Gasteiger partial charge in [0.05, 0.1) is 6.54 Å². The van der Waals surface area contributed by atoms with E-state index in [1.165, 1.54) is 12.1 Å². The minimum Gasteiger partial charge on any atom is -0.508 e. The van der Waals surface area contributed by atoms with Gasteiger partial charge in [-0.15, -0.1) is 0 Å². The number of rotatable bonds is 5. The molecule has 1 rings (SSSR count). The number of phenolic OH excluding ortho intramolecular Hbond substituents is 1. The average molecular weight is 221 g/mol. The third-order valence-electron chi connectivity index (χ3n) is 2.28. The van der Waals surface area contributed by atoms with Gasteiger partial charge in [-0.1, -0.05) is 13.8 Å². The maximum atomic E-state index is 11.8. The Morgan fingerprint density at radius 3 is 2.38 bits per heavy atom. The van der Waals surface area contributed by atoms with E-state index in [0.717, 1.165) is 6.54 Å². The summed E-state index contributed by atoms with van der Waals surface area (Å²) in [7, 11) is 1.94. The van der Waals surface area contributed by atoms with Gasteiger partial charge in [-0.05, 0) is 37.2 Å². The lowest BCUT2D eigenvalue weighted by Gasteiger charge is -2.17. The standard InChI is InChI=1S/C13H19NO2/c1-10(2)8-14(3)9-13(16)11-4-6-12(15)7-5-11/h4-7,10,15H,8-9H2,1-3H3. The van der Waals surface area contributed by atoms with Crippen LogP contribution in [0.4, 0.5) is 0 Å². The number of hydrogen-bond acceptors (Lipinski definition) is 3. The van der Waals surface area contributed by atoms with Gasteiger partial charge in [0.25, 0.3) is 0 Å². The lowest BCUT2D eigenvalue weighted by molar-refractivity contribution is 0.0940. The van der Waals surface area contributed by atoms with Crippen LogP contribution in [0.25, 0.3) is 0 Å². The van der Waals surface area contributed by atoms with Crippen molar-refractivity contribution in [2.45, 2.75) is 13.8 Å². The van der Waals surface area contributed by atoms with E-state index >= 15 is 0 Å². The number of nitrogens with zero attached hydrogens (tertiary/aromatic N) is 1. The Balaban J connectivity index is 2.55. The summed E-state index contributed by atoms with van der Waals surface area (Å²) < 4.78 is 0. The molecule has 0 aliphatic heterocycles. The zero-order chi connectivity index (χ0) is 12.1. The van der Waals surface area contributed by atoms with Crippen molar-refractivity contribution in [1.29, 1.82) is 0 Å². The SMILES string of the molecule is CC(C)CN(C)CC(=O)c1ccc(O)cc1. The predicted molar refractivity (Wildman–Crippen MR) is 64.8 cm³/mol. The van der Waals surface area contributed by atoms with Crippen molar-refractivity contribution in [2.75, 3.05) is 20.1 Å². The molecule has 0 unspecified atom stereocenters. The number of Topliss-reactive ketones (excluding diaryl/α,β-unsaturated/α-hetero) is 1. The molecule has 0 aromatic heterocycles. The fraction of sp³-hybridized carbons (Fsp3) is 0.462. The Kier molecular flexibility index (Phi) is 4.50. The van der Waals surface area contributed by atoms with E-state index in [2.05, 4.69) is 13.8 Å². The van der Waals surface area contributed by atoms with E-state index in [9.17, 15) is 4.79 Å². The van der Waals surface area contributed by atoms with Gasteiger partial charge in [0, 0.05) is 12.1 Å². The van der Waals surface area contributed by atoms with Gasteiger partial charge in [0.15, 0.2) is 5.78 Å². The van der Waals surface area contributed by atoms with Crippen molar-refractivity contribution in [2.24, 2.45) is 5.92 Å². The van der Waals surface area contributed by atoms with Crippen LogP contribution < -0.4 is 0 Å². The number of likely N-dealkylation sites (N-methyl/N-ethyl adjacent to an activating group) is 1. The Hall–Kier alpha value is -1.35. The van der Waals surface area contributed by atoms with Crippen molar-refractivity contribution in [3.05, 3.63) is 29.8 Å². The Labute approximate surface area is 96.7 Å². The van der Waals surface area contributed by atoms with Crippen LogP contribution in [-0.4, -0.2) is 35.9 Å². The van der Waals surface area contributed by atoms with E-state index in [0.29, 0.717) is 18.0 Å². The van der Waals surface area contributed by atoms with Crippen LogP contribution in [0, 0.1) is 5.92 Å². The zero-order valence-corrected chi connectivity index (χ0v) is 10.1. The smallest absolute Gasteiger partial charge is 0.176 e. The molecule has 1 N–H and O–H groups in total. The Morgan fingerprint density at radius 1 is 1.31 bits per heavy atom. The number of phenols is 1. The first-order valence-corrected chi connectivity index (χ1v) is 5.50. The van der Waals surface area contributed by atoms with Crippen LogP contribution in [0.1, 0.15) is 24.2 Å². The molecule has 0 amide bonds. The summed E-state index contributed by atoms with van der Waals surface area (Å²) in [5.41, 5.74) is 0.647. The highest BCUT2D eigenvalue weighted by atomic mass is 16.3. The van der Waals surface area contributed by atoms with E-state index in [1.54, 1.807) is 12.1 Å². The number of aromatic hydroxyl groups is 1. The highest BCUT2D eigenvalue weighted by Crippen LogP contribution is 2.10. The van der Waals surface area contributed by atoms with Gasteiger partial charge < -0.3 is 5.11 Å². The van der Waals surface area contributed by atoms with Gasteiger partial charge in [-0.2, -0.15) is 0 Å². The second-order valence-electron chi connectivity index (χ2n) is 4.56. The minimum absolute atomic E-state index is 0.0863. The van der Waals surface area contributed by atoms with Crippen LogP contribution in [0.3, 0.4) is 0 Å². The zero-order valence-electron chi connectivity index (χ0n) is 10.1. The highest BCUT2D eigenvalue weighted by Gasteiger charge is 2.10. The first kappa shape index (κ1) is 12.7. The minimum atomic E-state index is 0.0863. The molecule has 0 heterocycles. The second kappa shape index (κ2) is 5.66. The number of ketones is 1. The fourth-order valence-electron chi connectivity index (χ4n) is 1.67. The molecule has 0 saturated heterocycles. The quantitative estimate of drug-likeness (QED) is 0.775. The third kappa shape index (κ3) is 4.03. The maximum Gasteiger partial charge on any atom is 0.176 e. The van der Waals surface area contributed by atoms with Gasteiger partial charge in [-0.25, -0.2) is 0 Å². The summed E-state index contributed by atoms with van der Waals surface area (Å²) in [4.78, 5) is 13.8. The lowest BCUT2D eigenvalue weighted by atomic mass is 10.1. The summed E-state index contributed by atoms with van der Waals surface area (Å²) in [6.07, 6.45) is 0. The van der Waals surface area contributed by atoms with E-state index in [-0.39, 0.29) is 11.5 Å². The molecule has 0 saturated carbocycles. The largest absolute Gasteiger partial charge is 0.508 e. The molecule has 0 aliphatic rings. The Bertz CT molecular complexity index is 343. The van der Waals surface area contributed by atoms with Gasteiger partial charge in [0.2, 0.25) is 0 Å². The van der Waals surface area contributed by atoms with Crippen molar-refractivity contribution in [3.63, 3.8) is 0 Å². The maximum absolute atomic E-state index is 11.8. The van der Waals surface area contributed by atoms with Gasteiger partial charge in [0.1, 0.15) is 5.75 Å². The summed E-state index contributed by atoms with van der Waals surface area (Å²) in [6.45, 7) is 5.58. The number of carbonyl (C=O) groups is 1. The summed E-state index contributed by atoms with van der Waals surface area (Å²) in [5, 5.41) is 9.12. The van der Waals surface area contributed by atoms with Crippen LogP contribution >= 0.6 is 0 Å².